The molecule has 0 spiro atoms. The highest BCUT2D eigenvalue weighted by Gasteiger charge is 2.51. The maximum atomic E-state index is 13.2. The van der Waals surface area contributed by atoms with Crippen LogP contribution in [-0.2, 0) is 9.53 Å². The van der Waals surface area contributed by atoms with Gasteiger partial charge in [0.1, 0.15) is 0 Å². The minimum atomic E-state index is -0.0432. The van der Waals surface area contributed by atoms with Gasteiger partial charge in [-0.25, -0.2) is 0 Å². The van der Waals surface area contributed by atoms with Gasteiger partial charge in [0.2, 0.25) is 5.91 Å². The van der Waals surface area contributed by atoms with Crippen LogP contribution < -0.4 is 10.6 Å². The van der Waals surface area contributed by atoms with E-state index in [0.717, 1.165) is 41.9 Å². The van der Waals surface area contributed by atoms with Crippen LogP contribution in [0.15, 0.2) is 29.2 Å². The average molecular weight is 403 g/mol. The van der Waals surface area contributed by atoms with Crippen molar-refractivity contribution in [3.8, 4) is 0 Å². The lowest BCUT2D eigenvalue weighted by Crippen LogP contribution is -2.59. The van der Waals surface area contributed by atoms with E-state index in [1.165, 1.54) is 31.0 Å². The highest BCUT2D eigenvalue weighted by molar-refractivity contribution is 8.00. The van der Waals surface area contributed by atoms with Gasteiger partial charge in [-0.2, -0.15) is 0 Å². The van der Waals surface area contributed by atoms with E-state index in [-0.39, 0.29) is 17.4 Å². The Balaban J connectivity index is 1.39. The second-order valence-corrected chi connectivity index (χ2v) is 9.80. The minimum absolute atomic E-state index is 0.00113. The number of nitrogens with one attached hydrogen (secondary N) is 2. The first-order chi connectivity index (χ1) is 13.6. The maximum absolute atomic E-state index is 13.2. The fraction of sp³-hybridized carbons (Fsp3) is 0.636. The van der Waals surface area contributed by atoms with E-state index in [2.05, 4.69) is 10.6 Å². The number of ether oxygens (including phenoxy) is 1. The number of carbonyl (C=O) groups excluding carboxylic acids is 2. The molecule has 28 heavy (non-hydrogen) atoms. The molecule has 152 valence electrons. The van der Waals surface area contributed by atoms with Gasteiger partial charge in [0, 0.05) is 24.1 Å². The number of thioether (sulfide) groups is 1. The van der Waals surface area contributed by atoms with Gasteiger partial charge >= 0.3 is 0 Å². The summed E-state index contributed by atoms with van der Waals surface area (Å²) in [5.41, 5.74) is 0.689. The van der Waals surface area contributed by atoms with E-state index in [1.807, 2.05) is 24.3 Å². The molecule has 2 amide bonds. The number of methoxy groups -OCH3 is 1. The highest BCUT2D eigenvalue weighted by Crippen LogP contribution is 2.55. The third-order valence-electron chi connectivity index (χ3n) is 6.54. The number of carbonyl (C=O) groups is 2. The van der Waals surface area contributed by atoms with Crippen molar-refractivity contribution in [2.24, 2.45) is 17.8 Å². The first-order valence-corrected chi connectivity index (χ1v) is 11.4. The van der Waals surface area contributed by atoms with Crippen LogP contribution >= 0.6 is 11.8 Å². The van der Waals surface area contributed by atoms with Crippen LogP contribution in [0.5, 0.6) is 0 Å². The predicted octanol–water partition coefficient (Wildman–Crippen LogP) is 3.24. The van der Waals surface area contributed by atoms with Gasteiger partial charge in [-0.05, 0) is 68.4 Å². The second-order valence-electron chi connectivity index (χ2n) is 8.78. The summed E-state index contributed by atoms with van der Waals surface area (Å²) in [5, 5.41) is 6.26. The highest BCUT2D eigenvalue weighted by atomic mass is 32.2. The summed E-state index contributed by atoms with van der Waals surface area (Å²) in [6.07, 6.45) is 7.51. The van der Waals surface area contributed by atoms with E-state index < -0.39 is 0 Å². The summed E-state index contributed by atoms with van der Waals surface area (Å²) in [6, 6.07) is 7.63. The van der Waals surface area contributed by atoms with Gasteiger partial charge in [-0.3, -0.25) is 9.59 Å². The predicted molar refractivity (Wildman–Crippen MR) is 110 cm³/mol. The Morgan fingerprint density at radius 2 is 1.75 bits per heavy atom. The molecule has 0 aromatic heterocycles. The molecule has 0 saturated heterocycles. The maximum Gasteiger partial charge on any atom is 0.252 e. The molecule has 1 aromatic carbocycles. The third-order valence-corrected chi connectivity index (χ3v) is 7.61. The quantitative estimate of drug-likeness (QED) is 0.517. The zero-order valence-corrected chi connectivity index (χ0v) is 17.4. The fourth-order valence-corrected chi connectivity index (χ4v) is 6.72. The molecule has 0 atom stereocenters. The summed E-state index contributed by atoms with van der Waals surface area (Å²) < 4.78 is 4.95. The van der Waals surface area contributed by atoms with Crippen LogP contribution in [0.1, 0.15) is 48.9 Å². The van der Waals surface area contributed by atoms with E-state index >= 15 is 0 Å². The average Bonchev–Trinajstić information content (AvgIpc) is 2.65. The van der Waals surface area contributed by atoms with Crippen molar-refractivity contribution in [3.05, 3.63) is 29.8 Å². The normalized spacial score (nSPS) is 30.2. The van der Waals surface area contributed by atoms with Crippen molar-refractivity contribution in [1.29, 1.82) is 0 Å². The SMILES string of the molecule is COCCNC(=O)CSc1ccccc1C(=O)NC12CC3CC(CC(C3)C1)C2. The van der Waals surface area contributed by atoms with Gasteiger partial charge in [-0.1, -0.05) is 12.1 Å². The van der Waals surface area contributed by atoms with Crippen molar-refractivity contribution >= 4 is 23.6 Å². The van der Waals surface area contributed by atoms with E-state index in [9.17, 15) is 9.59 Å². The lowest BCUT2D eigenvalue weighted by Gasteiger charge is -2.56. The van der Waals surface area contributed by atoms with Crippen LogP contribution in [0.2, 0.25) is 0 Å². The number of hydrogen-bond acceptors (Lipinski definition) is 4. The summed E-state index contributed by atoms with van der Waals surface area (Å²) in [5.74, 6) is 2.67. The Kier molecular flexibility index (Phi) is 5.97. The van der Waals surface area contributed by atoms with Gasteiger partial charge in [-0.15, -0.1) is 11.8 Å². The number of hydrogen-bond donors (Lipinski definition) is 2. The molecule has 2 N–H and O–H groups in total. The van der Waals surface area contributed by atoms with Crippen molar-refractivity contribution in [2.45, 2.75) is 49.0 Å². The molecule has 1 aromatic rings. The van der Waals surface area contributed by atoms with E-state index in [1.54, 1.807) is 7.11 Å². The summed E-state index contributed by atoms with van der Waals surface area (Å²) >= 11 is 1.42. The molecule has 0 aliphatic heterocycles. The molecule has 4 bridgehead atoms. The molecule has 0 radical (unpaired) electrons. The van der Waals surface area contributed by atoms with Crippen molar-refractivity contribution in [1.82, 2.24) is 10.6 Å². The number of rotatable bonds is 8. The fourth-order valence-electron chi connectivity index (χ4n) is 5.84. The standard InChI is InChI=1S/C22H30N2O3S/c1-27-7-6-23-20(25)14-28-19-5-3-2-4-18(19)21(26)24-22-11-15-8-16(12-22)10-17(9-15)13-22/h2-5,15-17H,6-14H2,1H3,(H,23,25)(H,24,26). The van der Waals surface area contributed by atoms with Crippen LogP contribution in [0, 0.1) is 17.8 Å². The topological polar surface area (TPSA) is 67.4 Å². The summed E-state index contributed by atoms with van der Waals surface area (Å²) in [7, 11) is 1.61. The zero-order valence-electron chi connectivity index (χ0n) is 16.5. The smallest absolute Gasteiger partial charge is 0.252 e. The Morgan fingerprint density at radius 1 is 1.11 bits per heavy atom. The third kappa shape index (κ3) is 4.38. The monoisotopic (exact) mass is 402 g/mol. The van der Waals surface area contributed by atoms with Crippen LogP contribution in [-0.4, -0.2) is 43.4 Å². The van der Waals surface area contributed by atoms with Crippen LogP contribution in [0.3, 0.4) is 0 Å². The Morgan fingerprint density at radius 3 is 2.39 bits per heavy atom. The Hall–Kier alpha value is -1.53. The van der Waals surface area contributed by atoms with Crippen LogP contribution in [0.4, 0.5) is 0 Å². The molecule has 4 fully saturated rings. The van der Waals surface area contributed by atoms with Crippen molar-refractivity contribution in [3.63, 3.8) is 0 Å². The van der Waals surface area contributed by atoms with Crippen molar-refractivity contribution < 1.29 is 14.3 Å². The van der Waals surface area contributed by atoms with E-state index in [0.29, 0.717) is 24.5 Å². The molecular formula is C22H30N2O3S. The molecule has 0 heterocycles. The zero-order chi connectivity index (χ0) is 19.6. The Labute approximate surface area is 171 Å². The molecule has 4 saturated carbocycles. The largest absolute Gasteiger partial charge is 0.383 e. The summed E-state index contributed by atoms with van der Waals surface area (Å²) in [6.45, 7) is 1.00. The molecule has 4 aliphatic rings. The Bertz CT molecular complexity index is 701. The first kappa shape index (κ1) is 19.8. The first-order valence-electron chi connectivity index (χ1n) is 10.4. The molecule has 0 unspecified atom stereocenters. The van der Waals surface area contributed by atoms with Crippen LogP contribution in [0.25, 0.3) is 0 Å². The molecule has 5 nitrogen and oxygen atoms in total. The lowest BCUT2D eigenvalue weighted by molar-refractivity contribution is -0.118. The van der Waals surface area contributed by atoms with Crippen molar-refractivity contribution in [2.75, 3.05) is 26.0 Å². The number of benzene rings is 1. The molecular weight excluding hydrogens is 372 g/mol. The molecule has 5 rings (SSSR count). The molecule has 6 heteroatoms. The van der Waals surface area contributed by atoms with Gasteiger partial charge < -0.3 is 15.4 Å². The number of amides is 2. The lowest BCUT2D eigenvalue weighted by atomic mass is 9.53. The molecule has 4 aliphatic carbocycles. The van der Waals surface area contributed by atoms with E-state index in [4.69, 9.17) is 4.74 Å². The van der Waals surface area contributed by atoms with Gasteiger partial charge in [0.15, 0.2) is 0 Å². The second kappa shape index (κ2) is 8.46. The summed E-state index contributed by atoms with van der Waals surface area (Å²) in [4.78, 5) is 26.0. The van der Waals surface area contributed by atoms with Gasteiger partial charge in [0.25, 0.3) is 5.91 Å². The van der Waals surface area contributed by atoms with Gasteiger partial charge in [0.05, 0.1) is 17.9 Å². The minimum Gasteiger partial charge on any atom is -0.383 e.